The first-order valence-electron chi connectivity index (χ1n) is 6.37. The van der Waals surface area contributed by atoms with Crippen LogP contribution in [0.1, 0.15) is 33.1 Å². The molecule has 0 aliphatic carbocycles. The summed E-state index contributed by atoms with van der Waals surface area (Å²) in [5.41, 5.74) is -0.0415. The minimum absolute atomic E-state index is 0.0415. The molecule has 2 fully saturated rings. The largest absolute Gasteiger partial charge is 0.332 e. The Balaban J connectivity index is 1.83. The fourth-order valence-corrected chi connectivity index (χ4v) is 2.47. The zero-order chi connectivity index (χ0) is 11.6. The average Bonchev–Trinajstić information content (AvgIpc) is 2.65. The third-order valence-electron chi connectivity index (χ3n) is 3.85. The molecule has 0 saturated carbocycles. The van der Waals surface area contributed by atoms with Crippen LogP contribution < -0.4 is 10.6 Å². The molecular formula is C12H23N3O. The molecule has 2 rings (SSSR count). The molecule has 16 heavy (non-hydrogen) atoms. The Bertz CT molecular complexity index is 253. The van der Waals surface area contributed by atoms with Gasteiger partial charge in [0.05, 0.1) is 5.54 Å². The van der Waals surface area contributed by atoms with E-state index in [9.17, 15) is 4.79 Å². The molecule has 2 aliphatic heterocycles. The van der Waals surface area contributed by atoms with E-state index in [-0.39, 0.29) is 11.6 Å². The average molecular weight is 225 g/mol. The van der Waals surface area contributed by atoms with Crippen LogP contribution in [0.25, 0.3) is 0 Å². The van der Waals surface area contributed by atoms with Gasteiger partial charge in [0.2, 0.25) is 0 Å². The number of likely N-dealkylation sites (tertiary alicyclic amines) is 1. The number of hydrogen-bond acceptors (Lipinski definition) is 2. The molecule has 4 heteroatoms. The third-order valence-corrected chi connectivity index (χ3v) is 3.85. The molecule has 1 atom stereocenters. The number of hydrogen-bond donors (Lipinski definition) is 2. The van der Waals surface area contributed by atoms with Crippen molar-refractivity contribution in [1.29, 1.82) is 0 Å². The highest BCUT2D eigenvalue weighted by Gasteiger charge is 2.32. The molecule has 0 spiro atoms. The van der Waals surface area contributed by atoms with Gasteiger partial charge in [-0.25, -0.2) is 4.79 Å². The molecule has 0 radical (unpaired) electrons. The van der Waals surface area contributed by atoms with Crippen LogP contribution in [0.3, 0.4) is 0 Å². The summed E-state index contributed by atoms with van der Waals surface area (Å²) in [5, 5.41) is 6.46. The topological polar surface area (TPSA) is 44.4 Å². The Kier molecular flexibility index (Phi) is 3.38. The first kappa shape index (κ1) is 11.7. The van der Waals surface area contributed by atoms with E-state index in [1.165, 1.54) is 0 Å². The van der Waals surface area contributed by atoms with E-state index in [0.29, 0.717) is 0 Å². The lowest BCUT2D eigenvalue weighted by Gasteiger charge is -2.34. The van der Waals surface area contributed by atoms with E-state index < -0.39 is 0 Å². The van der Waals surface area contributed by atoms with Crippen LogP contribution >= 0.6 is 0 Å². The molecule has 2 heterocycles. The molecule has 2 aliphatic rings. The predicted molar refractivity (Wildman–Crippen MR) is 64.4 cm³/mol. The maximum atomic E-state index is 12.1. The van der Waals surface area contributed by atoms with Gasteiger partial charge in [0.25, 0.3) is 0 Å². The lowest BCUT2D eigenvalue weighted by Crippen LogP contribution is -2.54. The minimum Gasteiger partial charge on any atom is -0.332 e. The van der Waals surface area contributed by atoms with Gasteiger partial charge in [-0.1, -0.05) is 6.92 Å². The molecule has 0 aromatic heterocycles. The van der Waals surface area contributed by atoms with E-state index in [1.54, 1.807) is 0 Å². The maximum Gasteiger partial charge on any atom is 0.317 e. The second-order valence-electron chi connectivity index (χ2n) is 5.59. The van der Waals surface area contributed by atoms with E-state index in [4.69, 9.17) is 0 Å². The first-order chi connectivity index (χ1) is 7.59. The fraction of sp³-hybridized carbons (Fsp3) is 0.917. The number of amides is 2. The van der Waals surface area contributed by atoms with E-state index >= 15 is 0 Å². The number of urea groups is 1. The summed E-state index contributed by atoms with van der Waals surface area (Å²) in [7, 11) is 0. The van der Waals surface area contributed by atoms with Crippen molar-refractivity contribution in [1.82, 2.24) is 15.5 Å². The highest BCUT2D eigenvalue weighted by molar-refractivity contribution is 5.75. The van der Waals surface area contributed by atoms with Crippen LogP contribution in [0.4, 0.5) is 4.79 Å². The van der Waals surface area contributed by atoms with Gasteiger partial charge < -0.3 is 15.5 Å². The summed E-state index contributed by atoms with van der Waals surface area (Å²) < 4.78 is 0. The fourth-order valence-electron chi connectivity index (χ4n) is 2.47. The molecule has 2 amide bonds. The number of carbonyl (C=O) groups excluding carboxylic acids is 1. The van der Waals surface area contributed by atoms with Crippen molar-refractivity contribution in [3.8, 4) is 0 Å². The Labute approximate surface area is 97.8 Å². The van der Waals surface area contributed by atoms with Gasteiger partial charge in [-0.2, -0.15) is 0 Å². The molecule has 0 aromatic carbocycles. The number of nitrogens with zero attached hydrogens (tertiary/aromatic N) is 1. The van der Waals surface area contributed by atoms with E-state index in [2.05, 4.69) is 24.5 Å². The SMILES string of the molecule is CC1CCN(C(=O)NC2(C)CCNC2)CC1. The van der Waals surface area contributed by atoms with Crippen LogP contribution in [0, 0.1) is 5.92 Å². The summed E-state index contributed by atoms with van der Waals surface area (Å²) in [6.45, 7) is 8.11. The maximum absolute atomic E-state index is 12.1. The van der Waals surface area contributed by atoms with Crippen LogP contribution in [0.15, 0.2) is 0 Å². The lowest BCUT2D eigenvalue weighted by atomic mass is 9.99. The standard InChI is InChI=1S/C12H23N3O/c1-10-3-7-15(8-4-10)11(16)14-12(2)5-6-13-9-12/h10,13H,3-9H2,1-2H3,(H,14,16). The van der Waals surface area contributed by atoms with Crippen molar-refractivity contribution in [2.75, 3.05) is 26.2 Å². The second-order valence-corrected chi connectivity index (χ2v) is 5.59. The summed E-state index contributed by atoms with van der Waals surface area (Å²) >= 11 is 0. The van der Waals surface area contributed by atoms with Crippen molar-refractivity contribution in [3.63, 3.8) is 0 Å². The molecule has 0 aromatic rings. The quantitative estimate of drug-likeness (QED) is 0.704. The Hall–Kier alpha value is -0.770. The molecule has 2 saturated heterocycles. The van der Waals surface area contributed by atoms with Crippen LogP contribution in [-0.2, 0) is 0 Å². The minimum atomic E-state index is -0.0415. The van der Waals surface area contributed by atoms with Gasteiger partial charge in [-0.05, 0) is 38.6 Å². The molecule has 4 nitrogen and oxygen atoms in total. The smallest absolute Gasteiger partial charge is 0.317 e. The zero-order valence-corrected chi connectivity index (χ0v) is 10.4. The highest BCUT2D eigenvalue weighted by Crippen LogP contribution is 2.18. The van der Waals surface area contributed by atoms with Gasteiger partial charge >= 0.3 is 6.03 Å². The molecule has 92 valence electrons. The summed E-state index contributed by atoms with van der Waals surface area (Å²) in [4.78, 5) is 14.0. The lowest BCUT2D eigenvalue weighted by molar-refractivity contribution is 0.164. The summed E-state index contributed by atoms with van der Waals surface area (Å²) in [5.74, 6) is 0.771. The zero-order valence-electron chi connectivity index (χ0n) is 10.4. The van der Waals surface area contributed by atoms with Crippen molar-refractivity contribution >= 4 is 6.03 Å². The van der Waals surface area contributed by atoms with Gasteiger partial charge in [0.1, 0.15) is 0 Å². The molecule has 0 bridgehead atoms. The van der Waals surface area contributed by atoms with Crippen molar-refractivity contribution < 1.29 is 4.79 Å². The van der Waals surface area contributed by atoms with Gasteiger partial charge in [-0.3, -0.25) is 0 Å². The van der Waals surface area contributed by atoms with Crippen LogP contribution in [0.5, 0.6) is 0 Å². The highest BCUT2D eigenvalue weighted by atomic mass is 16.2. The second kappa shape index (κ2) is 4.62. The van der Waals surface area contributed by atoms with E-state index in [0.717, 1.165) is 51.4 Å². The van der Waals surface area contributed by atoms with Gasteiger partial charge in [0, 0.05) is 19.6 Å². The molecular weight excluding hydrogens is 202 g/mol. The molecule has 2 N–H and O–H groups in total. The number of piperidine rings is 1. The Morgan fingerprint density at radius 1 is 1.44 bits per heavy atom. The monoisotopic (exact) mass is 225 g/mol. The first-order valence-corrected chi connectivity index (χ1v) is 6.37. The Morgan fingerprint density at radius 2 is 2.12 bits per heavy atom. The summed E-state index contributed by atoms with van der Waals surface area (Å²) in [6, 6.07) is 0.123. The summed E-state index contributed by atoms with van der Waals surface area (Å²) in [6.07, 6.45) is 3.31. The third kappa shape index (κ3) is 2.67. The number of nitrogens with one attached hydrogen (secondary N) is 2. The molecule has 1 unspecified atom stereocenters. The number of rotatable bonds is 1. The van der Waals surface area contributed by atoms with E-state index in [1.807, 2.05) is 4.90 Å². The van der Waals surface area contributed by atoms with Crippen LogP contribution in [0.2, 0.25) is 0 Å². The van der Waals surface area contributed by atoms with Crippen molar-refractivity contribution in [3.05, 3.63) is 0 Å². The Morgan fingerprint density at radius 3 is 2.69 bits per heavy atom. The number of carbonyl (C=O) groups is 1. The predicted octanol–water partition coefficient (Wildman–Crippen LogP) is 1.18. The van der Waals surface area contributed by atoms with Crippen molar-refractivity contribution in [2.24, 2.45) is 5.92 Å². The van der Waals surface area contributed by atoms with Gasteiger partial charge in [-0.15, -0.1) is 0 Å². The van der Waals surface area contributed by atoms with Crippen molar-refractivity contribution in [2.45, 2.75) is 38.6 Å². The normalized spacial score (nSPS) is 31.8. The van der Waals surface area contributed by atoms with Crippen LogP contribution in [-0.4, -0.2) is 42.6 Å². The van der Waals surface area contributed by atoms with Gasteiger partial charge in [0.15, 0.2) is 0 Å².